The lowest BCUT2D eigenvalue weighted by molar-refractivity contribution is -0.133. The smallest absolute Gasteiger partial charge is 0.315 e. The number of benzene rings is 3. The third kappa shape index (κ3) is 5.45. The molecule has 0 aromatic heterocycles. The number of sulfone groups is 1. The van der Waals surface area contributed by atoms with E-state index in [4.69, 9.17) is 9.47 Å². The Labute approximate surface area is 170 Å². The number of carbonyl (C=O) groups excluding carboxylic acids is 1. The Hall–Kier alpha value is -3.12. The third-order valence-corrected chi connectivity index (χ3v) is 5.85. The van der Waals surface area contributed by atoms with E-state index in [2.05, 4.69) is 0 Å². The largest absolute Gasteiger partial charge is 0.491 e. The summed E-state index contributed by atoms with van der Waals surface area (Å²) in [6.45, 7) is 3.80. The number of hydrogen-bond donors (Lipinski definition) is 0. The molecule has 0 saturated heterocycles. The number of hydrogen-bond acceptors (Lipinski definition) is 5. The topological polar surface area (TPSA) is 69.7 Å². The van der Waals surface area contributed by atoms with Crippen molar-refractivity contribution in [2.75, 3.05) is 0 Å². The molecule has 0 amide bonds. The van der Waals surface area contributed by atoms with Gasteiger partial charge in [-0.2, -0.15) is 0 Å². The lowest BCUT2D eigenvalue weighted by Crippen LogP contribution is -2.11. The molecule has 0 saturated carbocycles. The van der Waals surface area contributed by atoms with Crippen molar-refractivity contribution >= 4 is 15.8 Å². The minimum absolute atomic E-state index is 0.00889. The average molecular weight is 410 g/mol. The zero-order valence-corrected chi connectivity index (χ0v) is 17.1. The minimum atomic E-state index is -3.67. The molecule has 0 aliphatic heterocycles. The summed E-state index contributed by atoms with van der Waals surface area (Å²) in [4.78, 5) is 12.3. The van der Waals surface area contributed by atoms with Gasteiger partial charge in [0.25, 0.3) is 0 Å². The van der Waals surface area contributed by atoms with Gasteiger partial charge in [0.1, 0.15) is 11.5 Å². The molecule has 0 fully saturated rings. The summed E-state index contributed by atoms with van der Waals surface area (Å²) < 4.78 is 36.4. The van der Waals surface area contributed by atoms with Crippen LogP contribution in [0, 0.1) is 0 Å². The van der Waals surface area contributed by atoms with Crippen molar-refractivity contribution in [1.29, 1.82) is 0 Å². The molecule has 0 bridgehead atoms. The molecule has 0 heterocycles. The molecule has 0 aliphatic rings. The normalized spacial score (nSPS) is 11.3. The number of ether oxygens (including phenoxy) is 2. The Morgan fingerprint density at radius 3 is 1.83 bits per heavy atom. The highest BCUT2D eigenvalue weighted by molar-refractivity contribution is 7.91. The lowest BCUT2D eigenvalue weighted by Gasteiger charge is -2.11. The van der Waals surface area contributed by atoms with Gasteiger partial charge in [-0.15, -0.1) is 0 Å². The molecule has 29 heavy (non-hydrogen) atoms. The van der Waals surface area contributed by atoms with Crippen LogP contribution in [-0.4, -0.2) is 20.5 Å². The summed E-state index contributed by atoms with van der Waals surface area (Å²) in [7, 11) is -3.67. The van der Waals surface area contributed by atoms with E-state index >= 15 is 0 Å². The van der Waals surface area contributed by atoms with Gasteiger partial charge in [-0.25, -0.2) is 8.42 Å². The fraction of sp³-hybridized carbons (Fsp3) is 0.174. The van der Waals surface area contributed by atoms with Crippen LogP contribution >= 0.6 is 0 Å². The second-order valence-corrected chi connectivity index (χ2v) is 8.70. The lowest BCUT2D eigenvalue weighted by atomic mass is 10.2. The standard InChI is InChI=1S/C23H22O5S/c1-17(2)27-19-8-12-21(13-9-19)29(25,26)22-14-10-20(11-15-22)28-23(24)16-18-6-4-3-5-7-18/h3-15,17H,16H2,1-2H3. The number of esters is 1. The Morgan fingerprint density at radius 2 is 1.31 bits per heavy atom. The first-order valence-electron chi connectivity index (χ1n) is 9.21. The van der Waals surface area contributed by atoms with E-state index in [-0.39, 0.29) is 22.3 Å². The van der Waals surface area contributed by atoms with Gasteiger partial charge in [-0.3, -0.25) is 4.79 Å². The summed E-state index contributed by atoms with van der Waals surface area (Å²) in [5.74, 6) is 0.498. The zero-order chi connectivity index (χ0) is 20.9. The number of carbonyl (C=O) groups is 1. The number of rotatable bonds is 7. The molecular weight excluding hydrogens is 388 g/mol. The van der Waals surface area contributed by atoms with Crippen LogP contribution < -0.4 is 9.47 Å². The van der Waals surface area contributed by atoms with Crippen LogP contribution in [0.25, 0.3) is 0 Å². The second kappa shape index (κ2) is 8.92. The molecule has 5 nitrogen and oxygen atoms in total. The van der Waals surface area contributed by atoms with Crippen molar-refractivity contribution in [3.8, 4) is 11.5 Å². The van der Waals surface area contributed by atoms with Gasteiger partial charge in [0.2, 0.25) is 9.84 Å². The molecular formula is C23H22O5S. The van der Waals surface area contributed by atoms with Crippen LogP contribution in [-0.2, 0) is 21.1 Å². The molecule has 150 valence electrons. The van der Waals surface area contributed by atoms with Crippen molar-refractivity contribution in [2.24, 2.45) is 0 Å². The minimum Gasteiger partial charge on any atom is -0.491 e. The Balaban J connectivity index is 1.69. The molecule has 0 N–H and O–H groups in total. The Bertz CT molecular complexity index is 1050. The molecule has 0 unspecified atom stereocenters. The van der Waals surface area contributed by atoms with Gasteiger partial charge >= 0.3 is 5.97 Å². The fourth-order valence-corrected chi connectivity index (χ4v) is 3.98. The predicted octanol–water partition coefficient (Wildman–Crippen LogP) is 4.45. The molecule has 3 aromatic carbocycles. The first-order valence-corrected chi connectivity index (χ1v) is 10.7. The highest BCUT2D eigenvalue weighted by Gasteiger charge is 2.18. The van der Waals surface area contributed by atoms with Crippen LogP contribution in [0.4, 0.5) is 0 Å². The summed E-state index contributed by atoms with van der Waals surface area (Å²) in [5, 5.41) is 0. The van der Waals surface area contributed by atoms with Gasteiger partial charge in [-0.1, -0.05) is 30.3 Å². The van der Waals surface area contributed by atoms with Gasteiger partial charge in [-0.05, 0) is 67.9 Å². The fourth-order valence-electron chi connectivity index (χ4n) is 2.72. The highest BCUT2D eigenvalue weighted by atomic mass is 32.2. The molecule has 6 heteroatoms. The predicted molar refractivity (Wildman–Crippen MR) is 110 cm³/mol. The average Bonchev–Trinajstić information content (AvgIpc) is 2.69. The van der Waals surface area contributed by atoms with Crippen molar-refractivity contribution in [1.82, 2.24) is 0 Å². The quantitative estimate of drug-likeness (QED) is 0.425. The van der Waals surface area contributed by atoms with Crippen LogP contribution in [0.15, 0.2) is 88.7 Å². The molecule has 0 atom stereocenters. The van der Waals surface area contributed by atoms with E-state index in [1.807, 2.05) is 44.2 Å². The highest BCUT2D eigenvalue weighted by Crippen LogP contribution is 2.25. The van der Waals surface area contributed by atoms with Gasteiger partial charge in [0, 0.05) is 0 Å². The monoisotopic (exact) mass is 410 g/mol. The summed E-state index contributed by atoms with van der Waals surface area (Å²) in [5.41, 5.74) is 0.849. The SMILES string of the molecule is CC(C)Oc1ccc(S(=O)(=O)c2ccc(OC(=O)Cc3ccccc3)cc2)cc1. The molecule has 0 spiro atoms. The summed E-state index contributed by atoms with van der Waals surface area (Å²) in [6.07, 6.45) is 0.153. The molecule has 3 rings (SSSR count). The Kier molecular flexibility index (Phi) is 6.34. The van der Waals surface area contributed by atoms with E-state index in [1.165, 1.54) is 36.4 Å². The van der Waals surface area contributed by atoms with E-state index in [0.717, 1.165) is 5.56 Å². The van der Waals surface area contributed by atoms with Gasteiger partial charge in [0.15, 0.2) is 0 Å². The molecule has 0 aliphatic carbocycles. The summed E-state index contributed by atoms with van der Waals surface area (Å²) >= 11 is 0. The maximum atomic E-state index is 12.8. The Morgan fingerprint density at radius 1 is 0.793 bits per heavy atom. The van der Waals surface area contributed by atoms with Crippen LogP contribution in [0.5, 0.6) is 11.5 Å². The maximum absolute atomic E-state index is 12.8. The first-order chi connectivity index (χ1) is 13.8. The van der Waals surface area contributed by atoms with Crippen LogP contribution in [0.1, 0.15) is 19.4 Å². The van der Waals surface area contributed by atoms with E-state index in [1.54, 1.807) is 12.1 Å². The van der Waals surface area contributed by atoms with Gasteiger partial charge < -0.3 is 9.47 Å². The molecule has 0 radical (unpaired) electrons. The zero-order valence-electron chi connectivity index (χ0n) is 16.2. The van der Waals surface area contributed by atoms with Crippen molar-refractivity contribution in [3.05, 3.63) is 84.4 Å². The van der Waals surface area contributed by atoms with Crippen LogP contribution in [0.3, 0.4) is 0 Å². The van der Waals surface area contributed by atoms with Crippen molar-refractivity contribution in [2.45, 2.75) is 36.2 Å². The van der Waals surface area contributed by atoms with E-state index in [0.29, 0.717) is 11.5 Å². The van der Waals surface area contributed by atoms with Gasteiger partial charge in [0.05, 0.1) is 22.3 Å². The van der Waals surface area contributed by atoms with Crippen molar-refractivity contribution < 1.29 is 22.7 Å². The molecule has 3 aromatic rings. The van der Waals surface area contributed by atoms with E-state index < -0.39 is 15.8 Å². The van der Waals surface area contributed by atoms with Crippen LogP contribution in [0.2, 0.25) is 0 Å². The first kappa shape index (κ1) is 20.6. The van der Waals surface area contributed by atoms with E-state index in [9.17, 15) is 13.2 Å². The second-order valence-electron chi connectivity index (χ2n) is 6.75. The third-order valence-electron chi connectivity index (χ3n) is 4.06. The maximum Gasteiger partial charge on any atom is 0.315 e. The van der Waals surface area contributed by atoms with Crippen molar-refractivity contribution in [3.63, 3.8) is 0 Å². The summed E-state index contributed by atoms with van der Waals surface area (Å²) in [6, 6.07) is 21.4.